The third kappa shape index (κ3) is 3.40. The smallest absolute Gasteiger partial charge is 0.316 e. The highest BCUT2D eigenvalue weighted by Crippen LogP contribution is 2.28. The Morgan fingerprint density at radius 1 is 1.12 bits per heavy atom. The van der Waals surface area contributed by atoms with Gasteiger partial charge in [-0.15, -0.1) is 0 Å². The summed E-state index contributed by atoms with van der Waals surface area (Å²) >= 11 is 0. The van der Waals surface area contributed by atoms with E-state index in [0.717, 1.165) is 11.3 Å². The quantitative estimate of drug-likeness (QED) is 0.640. The molecule has 0 N–H and O–H groups in total. The van der Waals surface area contributed by atoms with Gasteiger partial charge in [0.05, 0.1) is 13.0 Å². The van der Waals surface area contributed by atoms with Crippen molar-refractivity contribution in [1.82, 2.24) is 0 Å². The minimum atomic E-state index is -0.468. The van der Waals surface area contributed by atoms with Crippen molar-refractivity contribution in [3.63, 3.8) is 0 Å². The van der Waals surface area contributed by atoms with E-state index >= 15 is 0 Å². The predicted molar refractivity (Wildman–Crippen MR) is 90.3 cm³/mol. The molecular formula is C19H19NO4. The molecule has 1 saturated heterocycles. The lowest BCUT2D eigenvalue weighted by molar-refractivity contribution is -0.139. The van der Waals surface area contributed by atoms with Crippen LogP contribution in [0.2, 0.25) is 0 Å². The van der Waals surface area contributed by atoms with Crippen LogP contribution in [0.25, 0.3) is 0 Å². The normalized spacial score (nSPS) is 17.0. The molecule has 5 nitrogen and oxygen atoms in total. The van der Waals surface area contributed by atoms with Crippen molar-refractivity contribution in [1.29, 1.82) is 0 Å². The van der Waals surface area contributed by atoms with Crippen molar-refractivity contribution in [3.8, 4) is 11.5 Å². The van der Waals surface area contributed by atoms with Crippen molar-refractivity contribution in [2.75, 3.05) is 18.6 Å². The molecule has 0 spiro atoms. The van der Waals surface area contributed by atoms with Crippen LogP contribution in [0.15, 0.2) is 48.5 Å². The lowest BCUT2D eigenvalue weighted by Crippen LogP contribution is -2.27. The van der Waals surface area contributed by atoms with Gasteiger partial charge in [-0.25, -0.2) is 0 Å². The zero-order chi connectivity index (χ0) is 17.1. The molecule has 1 atom stereocenters. The molecule has 2 aromatic carbocycles. The number of hydrogen-bond acceptors (Lipinski definition) is 4. The Labute approximate surface area is 140 Å². The first-order chi connectivity index (χ1) is 11.6. The molecule has 2 aromatic rings. The highest BCUT2D eigenvalue weighted by atomic mass is 16.5. The van der Waals surface area contributed by atoms with Crippen molar-refractivity contribution in [2.24, 2.45) is 5.92 Å². The molecule has 5 heteroatoms. The molecule has 0 aliphatic carbocycles. The van der Waals surface area contributed by atoms with Crippen LogP contribution >= 0.6 is 0 Å². The summed E-state index contributed by atoms with van der Waals surface area (Å²) < 4.78 is 10.6. The molecule has 1 fully saturated rings. The van der Waals surface area contributed by atoms with E-state index < -0.39 is 5.92 Å². The summed E-state index contributed by atoms with van der Waals surface area (Å²) in [4.78, 5) is 26.2. The third-order valence-electron chi connectivity index (χ3n) is 4.06. The van der Waals surface area contributed by atoms with Gasteiger partial charge in [0.2, 0.25) is 5.91 Å². The largest absolute Gasteiger partial charge is 0.497 e. The number of esters is 1. The van der Waals surface area contributed by atoms with Crippen LogP contribution in [-0.2, 0) is 9.59 Å². The van der Waals surface area contributed by atoms with Gasteiger partial charge in [-0.05, 0) is 31.2 Å². The summed E-state index contributed by atoms with van der Waals surface area (Å²) in [6.07, 6.45) is 0.155. The SMILES string of the molecule is COc1cccc(N2CC(C(=O)Oc3ccc(C)cc3)CC2=O)c1. The highest BCUT2D eigenvalue weighted by molar-refractivity contribution is 5.99. The minimum Gasteiger partial charge on any atom is -0.497 e. The first kappa shape index (κ1) is 16.1. The summed E-state index contributed by atoms with van der Waals surface area (Å²) in [5.41, 5.74) is 1.82. The van der Waals surface area contributed by atoms with Crippen LogP contribution in [0.5, 0.6) is 11.5 Å². The minimum absolute atomic E-state index is 0.0888. The molecular weight excluding hydrogens is 306 g/mol. The van der Waals surface area contributed by atoms with Gasteiger partial charge in [0.15, 0.2) is 0 Å². The Morgan fingerprint density at radius 2 is 1.88 bits per heavy atom. The monoisotopic (exact) mass is 325 g/mol. The van der Waals surface area contributed by atoms with Crippen LogP contribution in [0.4, 0.5) is 5.69 Å². The number of ether oxygens (including phenoxy) is 2. The van der Waals surface area contributed by atoms with Crippen molar-refractivity contribution in [3.05, 3.63) is 54.1 Å². The number of benzene rings is 2. The summed E-state index contributed by atoms with van der Waals surface area (Å²) in [6, 6.07) is 14.5. The topological polar surface area (TPSA) is 55.8 Å². The number of amides is 1. The van der Waals surface area contributed by atoms with E-state index in [0.29, 0.717) is 18.0 Å². The van der Waals surface area contributed by atoms with E-state index in [4.69, 9.17) is 9.47 Å². The maximum atomic E-state index is 12.3. The van der Waals surface area contributed by atoms with Crippen LogP contribution in [0, 0.1) is 12.8 Å². The van der Waals surface area contributed by atoms with E-state index in [1.807, 2.05) is 37.3 Å². The Kier molecular flexibility index (Phi) is 4.51. The number of carbonyl (C=O) groups excluding carboxylic acids is 2. The fourth-order valence-electron chi connectivity index (χ4n) is 2.70. The molecule has 1 unspecified atom stereocenters. The first-order valence-electron chi connectivity index (χ1n) is 7.79. The standard InChI is InChI=1S/C19H19NO4/c1-13-6-8-16(9-7-13)24-19(22)14-10-18(21)20(12-14)15-4-3-5-17(11-15)23-2/h3-9,11,14H,10,12H2,1-2H3. The number of carbonyl (C=O) groups is 2. The summed E-state index contributed by atoms with van der Waals surface area (Å²) in [5.74, 6) is 0.237. The third-order valence-corrected chi connectivity index (χ3v) is 4.06. The zero-order valence-corrected chi connectivity index (χ0v) is 13.7. The van der Waals surface area contributed by atoms with E-state index in [1.165, 1.54) is 0 Å². The van der Waals surface area contributed by atoms with Crippen molar-refractivity contribution < 1.29 is 19.1 Å². The number of nitrogens with zero attached hydrogens (tertiary/aromatic N) is 1. The van der Waals surface area contributed by atoms with Gasteiger partial charge >= 0.3 is 5.97 Å². The van der Waals surface area contributed by atoms with Crippen molar-refractivity contribution >= 4 is 17.6 Å². The van der Waals surface area contributed by atoms with E-state index in [1.54, 1.807) is 30.2 Å². The van der Waals surface area contributed by atoms with Crippen LogP contribution in [-0.4, -0.2) is 25.5 Å². The summed E-state index contributed by atoms with van der Waals surface area (Å²) in [5, 5.41) is 0. The molecule has 1 aliphatic rings. The fraction of sp³-hybridized carbons (Fsp3) is 0.263. The average molecular weight is 325 g/mol. The van der Waals surface area contributed by atoms with Gasteiger partial charge in [-0.1, -0.05) is 23.8 Å². The highest BCUT2D eigenvalue weighted by Gasteiger charge is 2.36. The number of methoxy groups -OCH3 is 1. The molecule has 1 heterocycles. The maximum Gasteiger partial charge on any atom is 0.316 e. The average Bonchev–Trinajstić information content (AvgIpc) is 2.99. The van der Waals surface area contributed by atoms with Gasteiger partial charge in [0, 0.05) is 24.7 Å². The van der Waals surface area contributed by atoms with Gasteiger partial charge in [0.1, 0.15) is 11.5 Å². The molecule has 124 valence electrons. The number of anilines is 1. The van der Waals surface area contributed by atoms with E-state index in [9.17, 15) is 9.59 Å². The number of hydrogen-bond donors (Lipinski definition) is 0. The number of rotatable bonds is 4. The van der Waals surface area contributed by atoms with E-state index in [-0.39, 0.29) is 18.3 Å². The molecule has 0 aromatic heterocycles. The zero-order valence-electron chi connectivity index (χ0n) is 13.7. The first-order valence-corrected chi connectivity index (χ1v) is 7.79. The molecule has 0 saturated carbocycles. The fourth-order valence-corrected chi connectivity index (χ4v) is 2.70. The second-order valence-corrected chi connectivity index (χ2v) is 5.84. The predicted octanol–water partition coefficient (Wildman–Crippen LogP) is 2.96. The molecule has 1 aliphatic heterocycles. The van der Waals surface area contributed by atoms with Gasteiger partial charge in [-0.2, -0.15) is 0 Å². The van der Waals surface area contributed by atoms with Gasteiger partial charge in [0.25, 0.3) is 0 Å². The van der Waals surface area contributed by atoms with Crippen LogP contribution in [0.1, 0.15) is 12.0 Å². The summed E-state index contributed by atoms with van der Waals surface area (Å²) in [6.45, 7) is 2.28. The molecule has 1 amide bonds. The Morgan fingerprint density at radius 3 is 2.58 bits per heavy atom. The second-order valence-electron chi connectivity index (χ2n) is 5.84. The Hall–Kier alpha value is -2.82. The Bertz CT molecular complexity index is 754. The Balaban J connectivity index is 1.69. The summed E-state index contributed by atoms with van der Waals surface area (Å²) in [7, 11) is 1.58. The second kappa shape index (κ2) is 6.74. The van der Waals surface area contributed by atoms with Crippen molar-refractivity contribution in [2.45, 2.75) is 13.3 Å². The van der Waals surface area contributed by atoms with Crippen LogP contribution < -0.4 is 14.4 Å². The van der Waals surface area contributed by atoms with Gasteiger partial charge < -0.3 is 14.4 Å². The maximum absolute atomic E-state index is 12.3. The van der Waals surface area contributed by atoms with Crippen LogP contribution in [0.3, 0.4) is 0 Å². The molecule has 0 bridgehead atoms. The number of aryl methyl sites for hydroxylation is 1. The lowest BCUT2D eigenvalue weighted by atomic mass is 10.1. The molecule has 3 rings (SSSR count). The van der Waals surface area contributed by atoms with E-state index in [2.05, 4.69) is 0 Å². The molecule has 24 heavy (non-hydrogen) atoms. The lowest BCUT2D eigenvalue weighted by Gasteiger charge is -2.17. The molecule has 0 radical (unpaired) electrons. The van der Waals surface area contributed by atoms with Gasteiger partial charge in [-0.3, -0.25) is 9.59 Å².